The second-order valence-corrected chi connectivity index (χ2v) is 7.35. The lowest BCUT2D eigenvalue weighted by Crippen LogP contribution is -2.43. The van der Waals surface area contributed by atoms with Crippen molar-refractivity contribution in [2.75, 3.05) is 11.9 Å². The molecule has 1 aliphatic carbocycles. The SMILES string of the molecule is CC(C)n1ncc2cc(NC(=O)CCNC(=O)NC3CCCCC3)cnc21. The Labute approximate surface area is 159 Å². The molecule has 0 radical (unpaired) electrons. The number of pyridine rings is 1. The van der Waals surface area contributed by atoms with Gasteiger partial charge in [-0.1, -0.05) is 19.3 Å². The Kier molecular flexibility index (Phi) is 6.26. The standard InChI is InChI=1S/C19H28N6O2/c1-13(2)25-18-14(11-22-25)10-16(12-21-18)23-17(26)8-9-20-19(27)24-15-6-4-3-5-7-15/h10-13,15H,3-9H2,1-2H3,(H,23,26)(H2,20,24,27). The second-order valence-electron chi connectivity index (χ2n) is 7.35. The Morgan fingerprint density at radius 1 is 1.22 bits per heavy atom. The van der Waals surface area contributed by atoms with Gasteiger partial charge < -0.3 is 16.0 Å². The van der Waals surface area contributed by atoms with Crippen LogP contribution in [0.1, 0.15) is 58.4 Å². The van der Waals surface area contributed by atoms with Crippen molar-refractivity contribution in [3.8, 4) is 0 Å². The molecule has 0 atom stereocenters. The van der Waals surface area contributed by atoms with Gasteiger partial charge in [0.25, 0.3) is 0 Å². The number of fused-ring (bicyclic) bond motifs is 1. The number of carbonyl (C=O) groups excluding carboxylic acids is 2. The van der Waals surface area contributed by atoms with E-state index in [1.54, 1.807) is 12.4 Å². The molecule has 3 rings (SSSR count). The third-order valence-electron chi connectivity index (χ3n) is 4.78. The van der Waals surface area contributed by atoms with Crippen LogP contribution in [0.3, 0.4) is 0 Å². The second kappa shape index (κ2) is 8.83. The summed E-state index contributed by atoms with van der Waals surface area (Å²) < 4.78 is 1.84. The predicted molar refractivity (Wildman–Crippen MR) is 105 cm³/mol. The van der Waals surface area contributed by atoms with Crippen molar-refractivity contribution in [2.24, 2.45) is 0 Å². The van der Waals surface area contributed by atoms with Gasteiger partial charge in [-0.2, -0.15) is 5.10 Å². The molecule has 3 N–H and O–H groups in total. The molecule has 2 aromatic heterocycles. The molecule has 0 spiro atoms. The van der Waals surface area contributed by atoms with Gasteiger partial charge in [-0.15, -0.1) is 0 Å². The van der Waals surface area contributed by atoms with Crippen molar-refractivity contribution in [1.82, 2.24) is 25.4 Å². The van der Waals surface area contributed by atoms with Crippen LogP contribution in [-0.2, 0) is 4.79 Å². The number of anilines is 1. The highest BCUT2D eigenvalue weighted by molar-refractivity contribution is 5.93. The lowest BCUT2D eigenvalue weighted by molar-refractivity contribution is -0.116. The van der Waals surface area contributed by atoms with Gasteiger partial charge >= 0.3 is 6.03 Å². The lowest BCUT2D eigenvalue weighted by Gasteiger charge is -2.22. The maximum Gasteiger partial charge on any atom is 0.315 e. The van der Waals surface area contributed by atoms with Crippen LogP contribution in [0.25, 0.3) is 11.0 Å². The largest absolute Gasteiger partial charge is 0.338 e. The summed E-state index contributed by atoms with van der Waals surface area (Å²) in [5.41, 5.74) is 1.42. The van der Waals surface area contributed by atoms with Crippen molar-refractivity contribution >= 4 is 28.7 Å². The molecule has 0 bridgehead atoms. The molecule has 8 heteroatoms. The molecule has 2 aromatic rings. The summed E-state index contributed by atoms with van der Waals surface area (Å²) in [6.45, 7) is 4.38. The first-order valence-electron chi connectivity index (χ1n) is 9.70. The number of urea groups is 1. The van der Waals surface area contributed by atoms with Gasteiger partial charge in [-0.25, -0.2) is 14.5 Å². The van der Waals surface area contributed by atoms with Gasteiger partial charge in [0.2, 0.25) is 5.91 Å². The predicted octanol–water partition coefficient (Wildman–Crippen LogP) is 2.97. The Hall–Kier alpha value is -2.64. The zero-order chi connectivity index (χ0) is 19.2. The van der Waals surface area contributed by atoms with Crippen molar-refractivity contribution in [3.63, 3.8) is 0 Å². The summed E-state index contributed by atoms with van der Waals surface area (Å²) in [6, 6.07) is 2.15. The van der Waals surface area contributed by atoms with E-state index in [-0.39, 0.29) is 30.4 Å². The summed E-state index contributed by atoms with van der Waals surface area (Å²) in [5.74, 6) is -0.162. The number of hydrogen-bond donors (Lipinski definition) is 3. The molecule has 2 heterocycles. The lowest BCUT2D eigenvalue weighted by atomic mass is 9.96. The zero-order valence-electron chi connectivity index (χ0n) is 16.0. The summed E-state index contributed by atoms with van der Waals surface area (Å²) in [4.78, 5) is 28.4. The maximum atomic E-state index is 12.1. The smallest absolute Gasteiger partial charge is 0.315 e. The van der Waals surface area contributed by atoms with Crippen LogP contribution in [0.4, 0.5) is 10.5 Å². The quantitative estimate of drug-likeness (QED) is 0.725. The van der Waals surface area contributed by atoms with E-state index in [0.717, 1.165) is 23.9 Å². The number of amides is 3. The molecule has 27 heavy (non-hydrogen) atoms. The zero-order valence-corrected chi connectivity index (χ0v) is 16.0. The van der Waals surface area contributed by atoms with Crippen LogP contribution in [0.2, 0.25) is 0 Å². The third kappa shape index (κ3) is 5.18. The Morgan fingerprint density at radius 3 is 2.74 bits per heavy atom. The maximum absolute atomic E-state index is 12.1. The van der Waals surface area contributed by atoms with Crippen LogP contribution in [0.15, 0.2) is 18.5 Å². The van der Waals surface area contributed by atoms with E-state index in [2.05, 4.69) is 26.0 Å². The number of nitrogens with one attached hydrogen (secondary N) is 3. The first-order chi connectivity index (χ1) is 13.0. The molecule has 1 saturated carbocycles. The molecule has 8 nitrogen and oxygen atoms in total. The van der Waals surface area contributed by atoms with Gasteiger partial charge in [0, 0.05) is 30.4 Å². The van der Waals surface area contributed by atoms with Crippen molar-refractivity contribution in [3.05, 3.63) is 18.5 Å². The molecule has 0 unspecified atom stereocenters. The minimum absolute atomic E-state index is 0.162. The molecule has 1 aliphatic rings. The highest BCUT2D eigenvalue weighted by Gasteiger charge is 2.15. The molecule has 0 aromatic carbocycles. The average molecular weight is 372 g/mol. The van der Waals surface area contributed by atoms with Gasteiger partial charge in [0.15, 0.2) is 5.65 Å². The fourth-order valence-electron chi connectivity index (χ4n) is 3.38. The van der Waals surface area contributed by atoms with E-state index in [9.17, 15) is 9.59 Å². The number of carbonyl (C=O) groups is 2. The van der Waals surface area contributed by atoms with Crippen LogP contribution >= 0.6 is 0 Å². The van der Waals surface area contributed by atoms with E-state index in [0.29, 0.717) is 12.2 Å². The fourth-order valence-corrected chi connectivity index (χ4v) is 3.38. The third-order valence-corrected chi connectivity index (χ3v) is 4.78. The average Bonchev–Trinajstić information content (AvgIpc) is 3.06. The summed E-state index contributed by atoms with van der Waals surface area (Å²) >= 11 is 0. The van der Waals surface area contributed by atoms with Crippen molar-refractivity contribution in [2.45, 2.75) is 64.5 Å². The Bertz CT molecular complexity index is 795. The van der Waals surface area contributed by atoms with Crippen molar-refractivity contribution < 1.29 is 9.59 Å². The number of hydrogen-bond acceptors (Lipinski definition) is 4. The van der Waals surface area contributed by atoms with Gasteiger partial charge in [-0.3, -0.25) is 4.79 Å². The van der Waals surface area contributed by atoms with E-state index in [1.165, 1.54) is 19.3 Å². The number of aromatic nitrogens is 3. The minimum atomic E-state index is -0.195. The van der Waals surface area contributed by atoms with E-state index < -0.39 is 0 Å². The number of nitrogens with zero attached hydrogens (tertiary/aromatic N) is 3. The first-order valence-corrected chi connectivity index (χ1v) is 9.70. The Morgan fingerprint density at radius 2 is 2.00 bits per heavy atom. The normalized spacial score (nSPS) is 15.1. The van der Waals surface area contributed by atoms with Crippen LogP contribution in [0.5, 0.6) is 0 Å². The molecular weight excluding hydrogens is 344 g/mol. The van der Waals surface area contributed by atoms with Gasteiger partial charge in [0.05, 0.1) is 18.1 Å². The highest BCUT2D eigenvalue weighted by Crippen LogP contribution is 2.19. The van der Waals surface area contributed by atoms with E-state index in [1.807, 2.05) is 24.6 Å². The van der Waals surface area contributed by atoms with E-state index in [4.69, 9.17) is 0 Å². The molecule has 0 aliphatic heterocycles. The summed E-state index contributed by atoms with van der Waals surface area (Å²) in [6.07, 6.45) is 9.25. The molecular formula is C19H28N6O2. The van der Waals surface area contributed by atoms with E-state index >= 15 is 0 Å². The van der Waals surface area contributed by atoms with Gasteiger partial charge in [-0.05, 0) is 32.8 Å². The molecule has 1 fully saturated rings. The van der Waals surface area contributed by atoms with Crippen LogP contribution < -0.4 is 16.0 Å². The van der Waals surface area contributed by atoms with Crippen LogP contribution in [-0.4, -0.2) is 39.3 Å². The monoisotopic (exact) mass is 372 g/mol. The highest BCUT2D eigenvalue weighted by atomic mass is 16.2. The van der Waals surface area contributed by atoms with Crippen LogP contribution in [0, 0.1) is 0 Å². The Balaban J connectivity index is 1.43. The number of rotatable bonds is 6. The van der Waals surface area contributed by atoms with Gasteiger partial charge in [0.1, 0.15) is 0 Å². The molecule has 3 amide bonds. The summed E-state index contributed by atoms with van der Waals surface area (Å²) in [5, 5.41) is 13.7. The first kappa shape index (κ1) is 19.1. The molecule has 0 saturated heterocycles. The topological polar surface area (TPSA) is 101 Å². The fraction of sp³-hybridized carbons (Fsp3) is 0.579. The molecule has 146 valence electrons. The minimum Gasteiger partial charge on any atom is -0.338 e. The summed E-state index contributed by atoms with van der Waals surface area (Å²) in [7, 11) is 0. The van der Waals surface area contributed by atoms with Crippen molar-refractivity contribution in [1.29, 1.82) is 0 Å².